The fourth-order valence-corrected chi connectivity index (χ4v) is 3.94. The van der Waals surface area contributed by atoms with Crippen molar-refractivity contribution in [2.45, 2.75) is 19.8 Å². The first-order valence-electron chi connectivity index (χ1n) is 8.33. The Bertz CT molecular complexity index is 723. The Morgan fingerprint density at radius 2 is 1.76 bits per heavy atom. The van der Waals surface area contributed by atoms with Crippen LogP contribution in [0.2, 0.25) is 0 Å². The van der Waals surface area contributed by atoms with E-state index in [1.165, 1.54) is 22.7 Å². The molecule has 0 aliphatic carbocycles. The van der Waals surface area contributed by atoms with Gasteiger partial charge < -0.3 is 9.64 Å². The smallest absolute Gasteiger partial charge is 0.281 e. The summed E-state index contributed by atoms with van der Waals surface area (Å²) >= 11 is 0. The number of carbonyl (C=O) groups excluding carboxylic acids is 1. The van der Waals surface area contributed by atoms with E-state index in [4.69, 9.17) is 4.74 Å². The van der Waals surface area contributed by atoms with Gasteiger partial charge in [-0.2, -0.15) is 17.0 Å². The SMILES string of the molecule is COc1ccc(C(=O)N2CCN(S(=O)(=O)N(C)C)CC2)cc1C(C)C. The molecule has 0 aromatic heterocycles. The first kappa shape index (κ1) is 19.7. The Labute approximate surface area is 150 Å². The third-order valence-electron chi connectivity index (χ3n) is 4.41. The van der Waals surface area contributed by atoms with Crippen LogP contribution < -0.4 is 4.74 Å². The summed E-state index contributed by atoms with van der Waals surface area (Å²) in [5.41, 5.74) is 1.59. The van der Waals surface area contributed by atoms with Gasteiger partial charge in [0.05, 0.1) is 7.11 Å². The zero-order valence-corrected chi connectivity index (χ0v) is 16.3. The van der Waals surface area contributed by atoms with Gasteiger partial charge in [-0.25, -0.2) is 0 Å². The van der Waals surface area contributed by atoms with E-state index in [1.807, 2.05) is 12.1 Å². The van der Waals surface area contributed by atoms with E-state index in [0.29, 0.717) is 31.7 Å². The van der Waals surface area contributed by atoms with Crippen molar-refractivity contribution in [1.29, 1.82) is 0 Å². The van der Waals surface area contributed by atoms with Crippen molar-refractivity contribution in [3.8, 4) is 5.75 Å². The lowest BCUT2D eigenvalue weighted by Gasteiger charge is -2.35. The normalized spacial score (nSPS) is 16.5. The third kappa shape index (κ3) is 4.13. The van der Waals surface area contributed by atoms with Gasteiger partial charge in [0.15, 0.2) is 0 Å². The number of rotatable bonds is 5. The number of hydrogen-bond donors (Lipinski definition) is 0. The van der Waals surface area contributed by atoms with E-state index < -0.39 is 10.2 Å². The fourth-order valence-electron chi connectivity index (χ4n) is 2.85. The molecule has 1 aromatic carbocycles. The number of ether oxygens (including phenoxy) is 1. The lowest BCUT2D eigenvalue weighted by Crippen LogP contribution is -2.53. The van der Waals surface area contributed by atoms with Gasteiger partial charge in [-0.3, -0.25) is 4.79 Å². The van der Waals surface area contributed by atoms with Gasteiger partial charge in [0, 0.05) is 45.8 Å². The first-order chi connectivity index (χ1) is 11.7. The van der Waals surface area contributed by atoms with Crippen molar-refractivity contribution in [1.82, 2.24) is 13.5 Å². The fraction of sp³-hybridized carbons (Fsp3) is 0.588. The van der Waals surface area contributed by atoms with Crippen LogP contribution in [0.25, 0.3) is 0 Å². The Balaban J connectivity index is 2.12. The second-order valence-corrected chi connectivity index (χ2v) is 8.74. The molecule has 1 aromatic rings. The molecule has 1 amide bonds. The number of amides is 1. The molecular formula is C17H27N3O4S. The number of piperazine rings is 1. The Hall–Kier alpha value is -1.64. The largest absolute Gasteiger partial charge is 0.496 e. The van der Waals surface area contributed by atoms with Crippen molar-refractivity contribution < 1.29 is 17.9 Å². The van der Waals surface area contributed by atoms with Gasteiger partial charge in [-0.05, 0) is 29.7 Å². The molecule has 0 radical (unpaired) electrons. The third-order valence-corrected chi connectivity index (χ3v) is 6.35. The highest BCUT2D eigenvalue weighted by molar-refractivity contribution is 7.86. The number of methoxy groups -OCH3 is 1. The lowest BCUT2D eigenvalue weighted by molar-refractivity contribution is 0.0695. The predicted octanol–water partition coefficient (Wildman–Crippen LogP) is 1.38. The van der Waals surface area contributed by atoms with E-state index in [1.54, 1.807) is 18.1 Å². The van der Waals surface area contributed by atoms with Crippen LogP contribution >= 0.6 is 0 Å². The van der Waals surface area contributed by atoms with Gasteiger partial charge >= 0.3 is 0 Å². The molecule has 1 fully saturated rings. The molecule has 140 valence electrons. The number of nitrogens with zero attached hydrogens (tertiary/aromatic N) is 3. The van der Waals surface area contributed by atoms with Gasteiger partial charge in [0.1, 0.15) is 5.75 Å². The van der Waals surface area contributed by atoms with Gasteiger partial charge in [0.25, 0.3) is 16.1 Å². The van der Waals surface area contributed by atoms with Crippen LogP contribution in [0.15, 0.2) is 18.2 Å². The summed E-state index contributed by atoms with van der Waals surface area (Å²) in [6, 6.07) is 5.44. The van der Waals surface area contributed by atoms with E-state index in [0.717, 1.165) is 11.3 Å². The Morgan fingerprint density at radius 1 is 1.16 bits per heavy atom. The average Bonchev–Trinajstić information content (AvgIpc) is 2.60. The van der Waals surface area contributed by atoms with Crippen LogP contribution in [0, 0.1) is 0 Å². The summed E-state index contributed by atoms with van der Waals surface area (Å²) < 4.78 is 32.3. The van der Waals surface area contributed by atoms with Crippen molar-refractivity contribution in [3.63, 3.8) is 0 Å². The topological polar surface area (TPSA) is 70.2 Å². The van der Waals surface area contributed by atoms with Gasteiger partial charge in [-0.1, -0.05) is 13.8 Å². The number of benzene rings is 1. The molecule has 0 N–H and O–H groups in total. The minimum Gasteiger partial charge on any atom is -0.496 e. The molecule has 2 rings (SSSR count). The highest BCUT2D eigenvalue weighted by Gasteiger charge is 2.30. The van der Waals surface area contributed by atoms with E-state index in [9.17, 15) is 13.2 Å². The van der Waals surface area contributed by atoms with Crippen molar-refractivity contribution in [3.05, 3.63) is 29.3 Å². The summed E-state index contributed by atoms with van der Waals surface area (Å²) in [7, 11) is 1.21. The van der Waals surface area contributed by atoms with Crippen LogP contribution in [0.5, 0.6) is 5.75 Å². The zero-order chi connectivity index (χ0) is 18.8. The molecule has 1 heterocycles. The molecule has 0 spiro atoms. The second kappa shape index (κ2) is 7.72. The van der Waals surface area contributed by atoms with Crippen LogP contribution in [0.4, 0.5) is 0 Å². The highest BCUT2D eigenvalue weighted by Crippen LogP contribution is 2.28. The van der Waals surface area contributed by atoms with E-state index >= 15 is 0 Å². The molecule has 1 aliphatic rings. The molecule has 25 heavy (non-hydrogen) atoms. The zero-order valence-electron chi connectivity index (χ0n) is 15.5. The van der Waals surface area contributed by atoms with Gasteiger partial charge in [0.2, 0.25) is 0 Å². The van der Waals surface area contributed by atoms with Crippen molar-refractivity contribution in [2.24, 2.45) is 0 Å². The summed E-state index contributed by atoms with van der Waals surface area (Å²) in [6.45, 7) is 5.48. The second-order valence-electron chi connectivity index (χ2n) is 6.59. The number of hydrogen-bond acceptors (Lipinski definition) is 4. The quantitative estimate of drug-likeness (QED) is 0.786. The molecule has 7 nitrogen and oxygen atoms in total. The maximum atomic E-state index is 12.8. The Kier molecular flexibility index (Phi) is 6.08. The molecular weight excluding hydrogens is 342 g/mol. The standard InChI is InChI=1S/C17H27N3O4S/c1-13(2)15-12-14(6-7-16(15)24-5)17(21)19-8-10-20(11-9-19)25(22,23)18(3)4/h6-7,12-13H,8-11H2,1-5H3. The van der Waals surface area contributed by atoms with Crippen molar-refractivity contribution in [2.75, 3.05) is 47.4 Å². The van der Waals surface area contributed by atoms with E-state index in [2.05, 4.69) is 13.8 Å². The molecule has 0 atom stereocenters. The lowest BCUT2D eigenvalue weighted by atomic mass is 9.99. The maximum absolute atomic E-state index is 12.8. The van der Waals surface area contributed by atoms with Crippen molar-refractivity contribution >= 4 is 16.1 Å². The summed E-state index contributed by atoms with van der Waals surface area (Å²) in [5, 5.41) is 0. The molecule has 0 saturated carbocycles. The number of carbonyl (C=O) groups is 1. The summed E-state index contributed by atoms with van der Waals surface area (Å²) in [4.78, 5) is 14.5. The van der Waals surface area contributed by atoms with Crippen LogP contribution in [-0.2, 0) is 10.2 Å². The van der Waals surface area contributed by atoms with Gasteiger partial charge in [-0.15, -0.1) is 0 Å². The molecule has 8 heteroatoms. The first-order valence-corrected chi connectivity index (χ1v) is 9.73. The minimum atomic E-state index is -3.43. The van der Waals surface area contributed by atoms with Crippen LogP contribution in [-0.4, -0.2) is 75.2 Å². The Morgan fingerprint density at radius 3 is 2.24 bits per heavy atom. The molecule has 1 saturated heterocycles. The molecule has 0 bridgehead atoms. The predicted molar refractivity (Wildman–Crippen MR) is 97.2 cm³/mol. The summed E-state index contributed by atoms with van der Waals surface area (Å²) in [6.07, 6.45) is 0. The van der Waals surface area contributed by atoms with Crippen LogP contribution in [0.1, 0.15) is 35.7 Å². The average molecular weight is 369 g/mol. The van der Waals surface area contributed by atoms with E-state index in [-0.39, 0.29) is 11.8 Å². The highest BCUT2D eigenvalue weighted by atomic mass is 32.2. The summed E-state index contributed by atoms with van der Waals surface area (Å²) in [5.74, 6) is 0.935. The maximum Gasteiger partial charge on any atom is 0.281 e. The monoisotopic (exact) mass is 369 g/mol. The van der Waals surface area contributed by atoms with Crippen LogP contribution in [0.3, 0.4) is 0 Å². The minimum absolute atomic E-state index is 0.0774. The molecule has 0 unspecified atom stereocenters. The molecule has 1 aliphatic heterocycles.